The summed E-state index contributed by atoms with van der Waals surface area (Å²) in [7, 11) is 0. The molecule has 0 saturated heterocycles. The minimum atomic E-state index is -0.409. The standard InChI is InChI=1S/C16H18N2O3/c1-12(17)9-14-6-2-3-8-16(14)21-11-13-5-4-7-15(10-13)18(19)20/h2-8,10,12H,9,11,17H2,1H3. The maximum absolute atomic E-state index is 10.8. The molecular weight excluding hydrogens is 268 g/mol. The first-order chi connectivity index (χ1) is 10.1. The predicted molar refractivity (Wildman–Crippen MR) is 81.2 cm³/mol. The first kappa shape index (κ1) is 15.0. The van der Waals surface area contributed by atoms with Gasteiger partial charge in [0.05, 0.1) is 4.92 Å². The Hall–Kier alpha value is -2.40. The number of rotatable bonds is 6. The molecule has 0 spiro atoms. The number of nitro groups is 1. The maximum atomic E-state index is 10.8. The summed E-state index contributed by atoms with van der Waals surface area (Å²) >= 11 is 0. The molecule has 0 aliphatic rings. The molecule has 0 fully saturated rings. The Morgan fingerprint density at radius 1 is 1.24 bits per heavy atom. The largest absolute Gasteiger partial charge is 0.489 e. The molecule has 2 N–H and O–H groups in total. The molecule has 0 radical (unpaired) electrons. The summed E-state index contributed by atoms with van der Waals surface area (Å²) in [6, 6.07) is 14.2. The van der Waals surface area contributed by atoms with E-state index in [9.17, 15) is 10.1 Å². The van der Waals surface area contributed by atoms with Crippen molar-refractivity contribution in [2.75, 3.05) is 0 Å². The van der Waals surface area contributed by atoms with E-state index in [0.29, 0.717) is 0 Å². The minimum absolute atomic E-state index is 0.0487. The van der Waals surface area contributed by atoms with Crippen LogP contribution in [0.15, 0.2) is 48.5 Å². The fourth-order valence-electron chi connectivity index (χ4n) is 2.08. The molecule has 2 aromatic rings. The second-order valence-electron chi connectivity index (χ2n) is 5.00. The lowest BCUT2D eigenvalue weighted by Gasteiger charge is -2.13. The molecule has 2 aromatic carbocycles. The van der Waals surface area contributed by atoms with Gasteiger partial charge in [-0.3, -0.25) is 10.1 Å². The zero-order valence-corrected chi connectivity index (χ0v) is 11.9. The summed E-state index contributed by atoms with van der Waals surface area (Å²) < 4.78 is 5.78. The van der Waals surface area contributed by atoms with Gasteiger partial charge in [-0.25, -0.2) is 0 Å². The van der Waals surface area contributed by atoms with Crippen LogP contribution in [0.1, 0.15) is 18.1 Å². The number of non-ortho nitro benzene ring substituents is 1. The Morgan fingerprint density at radius 2 is 2.00 bits per heavy atom. The van der Waals surface area contributed by atoms with Crippen LogP contribution in [0.4, 0.5) is 5.69 Å². The van der Waals surface area contributed by atoms with Crippen LogP contribution in [0.2, 0.25) is 0 Å². The number of ether oxygens (including phenoxy) is 1. The van der Waals surface area contributed by atoms with E-state index in [2.05, 4.69) is 0 Å². The van der Waals surface area contributed by atoms with Gasteiger partial charge < -0.3 is 10.5 Å². The Bertz CT molecular complexity index is 626. The van der Waals surface area contributed by atoms with Gasteiger partial charge in [0.25, 0.3) is 5.69 Å². The number of hydrogen-bond acceptors (Lipinski definition) is 4. The lowest BCUT2D eigenvalue weighted by molar-refractivity contribution is -0.384. The third-order valence-corrected chi connectivity index (χ3v) is 3.03. The maximum Gasteiger partial charge on any atom is 0.269 e. The summed E-state index contributed by atoms with van der Waals surface area (Å²) in [6.45, 7) is 2.23. The molecule has 1 unspecified atom stereocenters. The quantitative estimate of drug-likeness (QED) is 0.654. The number of nitrogens with zero attached hydrogens (tertiary/aromatic N) is 1. The zero-order valence-electron chi connectivity index (χ0n) is 11.9. The highest BCUT2D eigenvalue weighted by molar-refractivity contribution is 5.36. The van der Waals surface area contributed by atoms with E-state index in [1.54, 1.807) is 12.1 Å². The van der Waals surface area contributed by atoms with Crippen LogP contribution in [0.3, 0.4) is 0 Å². The highest BCUT2D eigenvalue weighted by Gasteiger charge is 2.08. The van der Waals surface area contributed by atoms with Gasteiger partial charge in [-0.2, -0.15) is 0 Å². The van der Waals surface area contributed by atoms with E-state index < -0.39 is 4.92 Å². The van der Waals surface area contributed by atoms with Gasteiger partial charge in [0, 0.05) is 18.2 Å². The van der Waals surface area contributed by atoms with Crippen LogP contribution in [-0.2, 0) is 13.0 Å². The van der Waals surface area contributed by atoms with Crippen LogP contribution in [0.5, 0.6) is 5.75 Å². The Labute approximate surface area is 123 Å². The molecule has 0 aliphatic carbocycles. The van der Waals surface area contributed by atoms with Gasteiger partial charge in [0.2, 0.25) is 0 Å². The van der Waals surface area contributed by atoms with E-state index in [0.717, 1.165) is 23.3 Å². The Balaban J connectivity index is 2.09. The van der Waals surface area contributed by atoms with Crippen molar-refractivity contribution in [1.29, 1.82) is 0 Å². The van der Waals surface area contributed by atoms with Crippen molar-refractivity contribution in [2.45, 2.75) is 26.0 Å². The molecule has 21 heavy (non-hydrogen) atoms. The van der Waals surface area contributed by atoms with Crippen molar-refractivity contribution in [3.8, 4) is 5.75 Å². The molecule has 0 saturated carbocycles. The Morgan fingerprint density at radius 3 is 2.71 bits per heavy atom. The van der Waals surface area contributed by atoms with Crippen LogP contribution in [0.25, 0.3) is 0 Å². The molecule has 110 valence electrons. The highest BCUT2D eigenvalue weighted by Crippen LogP contribution is 2.21. The van der Waals surface area contributed by atoms with Gasteiger partial charge in [0.1, 0.15) is 12.4 Å². The van der Waals surface area contributed by atoms with E-state index in [4.69, 9.17) is 10.5 Å². The molecule has 0 bridgehead atoms. The van der Waals surface area contributed by atoms with Crippen molar-refractivity contribution in [3.63, 3.8) is 0 Å². The smallest absolute Gasteiger partial charge is 0.269 e. The second-order valence-corrected chi connectivity index (χ2v) is 5.00. The molecule has 1 atom stereocenters. The van der Waals surface area contributed by atoms with Gasteiger partial charge >= 0.3 is 0 Å². The number of nitro benzene ring substituents is 1. The topological polar surface area (TPSA) is 78.4 Å². The van der Waals surface area contributed by atoms with Gasteiger partial charge in [-0.1, -0.05) is 30.3 Å². The third kappa shape index (κ3) is 4.29. The summed E-state index contributed by atoms with van der Waals surface area (Å²) in [5.74, 6) is 0.765. The van der Waals surface area contributed by atoms with Crippen LogP contribution < -0.4 is 10.5 Å². The lowest BCUT2D eigenvalue weighted by Crippen LogP contribution is -2.18. The van der Waals surface area contributed by atoms with Crippen molar-refractivity contribution in [1.82, 2.24) is 0 Å². The average Bonchev–Trinajstić information content (AvgIpc) is 2.46. The first-order valence-corrected chi connectivity index (χ1v) is 6.76. The molecule has 2 rings (SSSR count). The minimum Gasteiger partial charge on any atom is -0.489 e. The summed E-state index contributed by atoms with van der Waals surface area (Å²) in [6.07, 6.45) is 0.727. The Kier molecular flexibility index (Phi) is 4.90. The van der Waals surface area contributed by atoms with Crippen molar-refractivity contribution >= 4 is 5.69 Å². The fraction of sp³-hybridized carbons (Fsp3) is 0.250. The van der Waals surface area contributed by atoms with Crippen LogP contribution in [0, 0.1) is 10.1 Å². The monoisotopic (exact) mass is 286 g/mol. The first-order valence-electron chi connectivity index (χ1n) is 6.76. The van der Waals surface area contributed by atoms with Gasteiger partial charge in [-0.15, -0.1) is 0 Å². The normalized spacial score (nSPS) is 11.9. The molecule has 0 aromatic heterocycles. The number of benzene rings is 2. The van der Waals surface area contributed by atoms with Crippen molar-refractivity contribution in [3.05, 3.63) is 69.8 Å². The van der Waals surface area contributed by atoms with E-state index >= 15 is 0 Å². The predicted octanol–water partition coefficient (Wildman–Crippen LogP) is 3.06. The second kappa shape index (κ2) is 6.85. The molecule has 0 amide bonds. The average molecular weight is 286 g/mol. The van der Waals surface area contributed by atoms with Crippen molar-refractivity contribution in [2.24, 2.45) is 5.73 Å². The molecular formula is C16H18N2O3. The summed E-state index contributed by atoms with van der Waals surface area (Å²) in [5, 5.41) is 10.8. The number of nitrogens with two attached hydrogens (primary N) is 1. The van der Waals surface area contributed by atoms with Crippen LogP contribution >= 0.6 is 0 Å². The molecule has 5 nitrogen and oxygen atoms in total. The zero-order chi connectivity index (χ0) is 15.2. The molecule has 0 heterocycles. The number of para-hydroxylation sites is 1. The molecule has 0 aliphatic heterocycles. The van der Waals surface area contributed by atoms with E-state index in [-0.39, 0.29) is 18.3 Å². The van der Waals surface area contributed by atoms with E-state index in [1.165, 1.54) is 12.1 Å². The molecule has 5 heteroatoms. The summed E-state index contributed by atoms with van der Waals surface area (Å²) in [4.78, 5) is 10.3. The van der Waals surface area contributed by atoms with E-state index in [1.807, 2.05) is 31.2 Å². The number of hydrogen-bond donors (Lipinski definition) is 1. The summed E-state index contributed by atoms with van der Waals surface area (Å²) in [5.41, 5.74) is 7.70. The van der Waals surface area contributed by atoms with Gasteiger partial charge in [-0.05, 0) is 30.5 Å². The highest BCUT2D eigenvalue weighted by atomic mass is 16.6. The lowest BCUT2D eigenvalue weighted by atomic mass is 10.1. The fourth-order valence-corrected chi connectivity index (χ4v) is 2.08. The van der Waals surface area contributed by atoms with Crippen LogP contribution in [-0.4, -0.2) is 11.0 Å². The van der Waals surface area contributed by atoms with Crippen molar-refractivity contribution < 1.29 is 9.66 Å². The van der Waals surface area contributed by atoms with Gasteiger partial charge in [0.15, 0.2) is 0 Å². The third-order valence-electron chi connectivity index (χ3n) is 3.03. The SMILES string of the molecule is CC(N)Cc1ccccc1OCc1cccc([N+](=O)[O-])c1.